The van der Waals surface area contributed by atoms with Gasteiger partial charge in [0.15, 0.2) is 6.61 Å². The minimum absolute atomic E-state index is 0.00612. The van der Waals surface area contributed by atoms with Crippen LogP contribution in [0.25, 0.3) is 0 Å². The summed E-state index contributed by atoms with van der Waals surface area (Å²) < 4.78 is 5.41. The van der Waals surface area contributed by atoms with E-state index in [-0.39, 0.29) is 12.5 Å². The largest absolute Gasteiger partial charge is 0.484 e. The van der Waals surface area contributed by atoms with Crippen LogP contribution < -0.4 is 10.1 Å². The zero-order valence-corrected chi connectivity index (χ0v) is 12.9. The van der Waals surface area contributed by atoms with Crippen molar-refractivity contribution >= 4 is 11.6 Å². The molecule has 116 valence electrons. The van der Waals surface area contributed by atoms with E-state index in [0.717, 1.165) is 12.0 Å². The van der Waals surface area contributed by atoms with E-state index in [4.69, 9.17) is 9.94 Å². The second-order valence-electron chi connectivity index (χ2n) is 5.25. The lowest BCUT2D eigenvalue weighted by atomic mass is 10.1. The fourth-order valence-corrected chi connectivity index (χ4v) is 1.78. The van der Waals surface area contributed by atoms with Gasteiger partial charge in [-0.1, -0.05) is 25.9 Å². The average Bonchev–Trinajstić information content (AvgIpc) is 2.47. The predicted molar refractivity (Wildman–Crippen MR) is 83.0 cm³/mol. The van der Waals surface area contributed by atoms with Crippen molar-refractivity contribution in [3.05, 3.63) is 29.8 Å². The van der Waals surface area contributed by atoms with Gasteiger partial charge in [0.05, 0.1) is 5.71 Å². The van der Waals surface area contributed by atoms with Gasteiger partial charge >= 0.3 is 0 Å². The highest BCUT2D eigenvalue weighted by atomic mass is 16.5. The van der Waals surface area contributed by atoms with E-state index in [0.29, 0.717) is 30.3 Å². The average molecular weight is 292 g/mol. The number of carbonyl (C=O) groups is 1. The monoisotopic (exact) mass is 292 g/mol. The molecule has 1 rings (SSSR count). The summed E-state index contributed by atoms with van der Waals surface area (Å²) in [6, 6.07) is 7.14. The summed E-state index contributed by atoms with van der Waals surface area (Å²) in [5.41, 5.74) is 1.46. The molecule has 2 N–H and O–H groups in total. The van der Waals surface area contributed by atoms with Gasteiger partial charge in [-0.05, 0) is 48.6 Å². The van der Waals surface area contributed by atoms with Crippen LogP contribution in [-0.2, 0) is 4.79 Å². The molecule has 0 aliphatic carbocycles. The normalized spacial score (nSPS) is 11.5. The Morgan fingerprint density at radius 1 is 1.33 bits per heavy atom. The molecular weight excluding hydrogens is 268 g/mol. The molecule has 0 saturated heterocycles. The summed E-state index contributed by atoms with van der Waals surface area (Å²) in [6.45, 7) is 6.83. The lowest BCUT2D eigenvalue weighted by Gasteiger charge is -2.09. The van der Waals surface area contributed by atoms with Crippen molar-refractivity contribution in [2.75, 3.05) is 13.2 Å². The van der Waals surface area contributed by atoms with Gasteiger partial charge in [-0.15, -0.1) is 0 Å². The Kier molecular flexibility index (Phi) is 7.29. The van der Waals surface area contributed by atoms with E-state index in [1.165, 1.54) is 0 Å². The second kappa shape index (κ2) is 9.00. The van der Waals surface area contributed by atoms with Crippen molar-refractivity contribution in [3.63, 3.8) is 0 Å². The minimum atomic E-state index is -0.120. The number of nitrogens with one attached hydrogen (secondary N) is 1. The summed E-state index contributed by atoms with van der Waals surface area (Å²) in [4.78, 5) is 11.6. The van der Waals surface area contributed by atoms with Crippen LogP contribution in [0.2, 0.25) is 0 Å². The molecule has 0 spiro atoms. The summed E-state index contributed by atoms with van der Waals surface area (Å²) >= 11 is 0. The van der Waals surface area contributed by atoms with E-state index in [1.807, 2.05) is 19.1 Å². The highest BCUT2D eigenvalue weighted by Gasteiger charge is 2.05. The van der Waals surface area contributed by atoms with Crippen LogP contribution in [0.3, 0.4) is 0 Å². The van der Waals surface area contributed by atoms with Gasteiger partial charge in [0.1, 0.15) is 5.75 Å². The second-order valence-corrected chi connectivity index (χ2v) is 5.25. The molecule has 0 atom stereocenters. The van der Waals surface area contributed by atoms with Crippen LogP contribution in [0, 0.1) is 5.92 Å². The molecule has 1 amide bonds. The number of rotatable bonds is 8. The first-order chi connectivity index (χ1) is 10.1. The zero-order chi connectivity index (χ0) is 15.7. The van der Waals surface area contributed by atoms with Crippen molar-refractivity contribution in [2.24, 2.45) is 11.1 Å². The van der Waals surface area contributed by atoms with E-state index in [9.17, 15) is 4.79 Å². The molecule has 5 heteroatoms. The van der Waals surface area contributed by atoms with Crippen molar-refractivity contribution in [2.45, 2.75) is 33.6 Å². The Labute approximate surface area is 126 Å². The van der Waals surface area contributed by atoms with Crippen molar-refractivity contribution in [3.8, 4) is 5.75 Å². The van der Waals surface area contributed by atoms with Crippen LogP contribution in [0.15, 0.2) is 29.4 Å². The van der Waals surface area contributed by atoms with Gasteiger partial charge in [-0.3, -0.25) is 4.79 Å². The zero-order valence-electron chi connectivity index (χ0n) is 12.9. The Bertz CT molecular complexity index is 467. The highest BCUT2D eigenvalue weighted by molar-refractivity contribution is 6.00. The summed E-state index contributed by atoms with van der Waals surface area (Å²) in [7, 11) is 0. The Balaban J connectivity index is 2.40. The predicted octanol–water partition coefficient (Wildman–Crippen LogP) is 2.82. The number of hydrogen-bond donors (Lipinski definition) is 2. The lowest BCUT2D eigenvalue weighted by Crippen LogP contribution is -2.30. The van der Waals surface area contributed by atoms with Crippen LogP contribution in [0.5, 0.6) is 5.75 Å². The third-order valence-electron chi connectivity index (χ3n) is 3.06. The molecule has 0 aliphatic heterocycles. The van der Waals surface area contributed by atoms with Crippen molar-refractivity contribution < 1.29 is 14.7 Å². The maximum atomic E-state index is 11.6. The first-order valence-corrected chi connectivity index (χ1v) is 7.27. The van der Waals surface area contributed by atoms with Gasteiger partial charge in [0, 0.05) is 6.54 Å². The lowest BCUT2D eigenvalue weighted by molar-refractivity contribution is -0.123. The number of nitrogens with zero attached hydrogens (tertiary/aromatic N) is 1. The van der Waals surface area contributed by atoms with Gasteiger partial charge < -0.3 is 15.3 Å². The number of amides is 1. The molecule has 0 heterocycles. The Morgan fingerprint density at radius 3 is 2.52 bits per heavy atom. The van der Waals surface area contributed by atoms with Crippen LogP contribution >= 0.6 is 0 Å². The number of hydrogen-bond acceptors (Lipinski definition) is 4. The first-order valence-electron chi connectivity index (χ1n) is 7.27. The molecule has 1 aromatic carbocycles. The maximum Gasteiger partial charge on any atom is 0.257 e. The highest BCUT2D eigenvalue weighted by Crippen LogP contribution is 2.13. The standard InChI is InChI=1S/C16H24N2O3/c1-4-15(18-20)13-5-7-14(8-6-13)21-11-16(19)17-10-9-12(2)3/h5-8,12,20H,4,9-11H2,1-3H3,(H,17,19). The third kappa shape index (κ3) is 6.29. The van der Waals surface area contributed by atoms with Crippen LogP contribution in [-0.4, -0.2) is 30.0 Å². The Hall–Kier alpha value is -2.04. The molecule has 0 radical (unpaired) electrons. The molecular formula is C16H24N2O3. The summed E-state index contributed by atoms with van der Waals surface area (Å²) in [5.74, 6) is 1.07. The third-order valence-corrected chi connectivity index (χ3v) is 3.06. The van der Waals surface area contributed by atoms with Gasteiger partial charge in [0.2, 0.25) is 0 Å². The number of ether oxygens (including phenoxy) is 1. The summed E-state index contributed by atoms with van der Waals surface area (Å²) in [5, 5.41) is 14.9. The fraction of sp³-hybridized carbons (Fsp3) is 0.500. The molecule has 5 nitrogen and oxygen atoms in total. The van der Waals surface area contributed by atoms with Crippen molar-refractivity contribution in [1.82, 2.24) is 5.32 Å². The molecule has 1 aromatic rings. The maximum absolute atomic E-state index is 11.6. The van der Waals surface area contributed by atoms with E-state index in [2.05, 4.69) is 24.3 Å². The number of oxime groups is 1. The summed E-state index contributed by atoms with van der Waals surface area (Å²) in [6.07, 6.45) is 1.61. The minimum Gasteiger partial charge on any atom is -0.484 e. The van der Waals surface area contributed by atoms with E-state index in [1.54, 1.807) is 12.1 Å². The molecule has 0 unspecified atom stereocenters. The number of carbonyl (C=O) groups excluding carboxylic acids is 1. The quantitative estimate of drug-likeness (QED) is 0.440. The number of benzene rings is 1. The molecule has 0 bridgehead atoms. The fourth-order valence-electron chi connectivity index (χ4n) is 1.78. The van der Waals surface area contributed by atoms with Gasteiger partial charge in [-0.2, -0.15) is 0 Å². The van der Waals surface area contributed by atoms with Gasteiger partial charge in [-0.25, -0.2) is 0 Å². The topological polar surface area (TPSA) is 70.9 Å². The van der Waals surface area contributed by atoms with E-state index < -0.39 is 0 Å². The van der Waals surface area contributed by atoms with Crippen LogP contribution in [0.1, 0.15) is 39.2 Å². The molecule has 0 aromatic heterocycles. The van der Waals surface area contributed by atoms with Crippen molar-refractivity contribution in [1.29, 1.82) is 0 Å². The Morgan fingerprint density at radius 2 is 2.00 bits per heavy atom. The SMILES string of the molecule is CCC(=NO)c1ccc(OCC(=O)NCCC(C)C)cc1. The first kappa shape index (κ1) is 17.0. The van der Waals surface area contributed by atoms with Crippen LogP contribution in [0.4, 0.5) is 0 Å². The smallest absolute Gasteiger partial charge is 0.257 e. The molecule has 21 heavy (non-hydrogen) atoms. The molecule has 0 fully saturated rings. The van der Waals surface area contributed by atoms with Gasteiger partial charge in [0.25, 0.3) is 5.91 Å². The molecule has 0 saturated carbocycles. The molecule has 0 aliphatic rings. The van der Waals surface area contributed by atoms with E-state index >= 15 is 0 Å².